The lowest BCUT2D eigenvalue weighted by molar-refractivity contribution is -0.159. The minimum absolute atomic E-state index is 0.189. The predicted octanol–water partition coefficient (Wildman–Crippen LogP) is -0.254. The number of sulfonamides is 1. The molecule has 10 nitrogen and oxygen atoms in total. The molecule has 0 aliphatic carbocycles. The molecule has 0 radical (unpaired) electrons. The van der Waals surface area contributed by atoms with Gasteiger partial charge in [0.05, 0.1) is 12.3 Å². The van der Waals surface area contributed by atoms with Crippen molar-refractivity contribution >= 4 is 27.6 Å². The van der Waals surface area contributed by atoms with Gasteiger partial charge >= 0.3 is 5.97 Å². The van der Waals surface area contributed by atoms with Crippen LogP contribution < -0.4 is 10.0 Å². The van der Waals surface area contributed by atoms with Gasteiger partial charge in [0.1, 0.15) is 17.7 Å². The highest BCUT2D eigenvalue weighted by Gasteiger charge is 2.42. The van der Waals surface area contributed by atoms with E-state index in [0.29, 0.717) is 6.07 Å². The molecule has 1 aliphatic rings. The van der Waals surface area contributed by atoms with Crippen LogP contribution >= 0.6 is 0 Å². The van der Waals surface area contributed by atoms with E-state index in [1.165, 1.54) is 13.8 Å². The van der Waals surface area contributed by atoms with E-state index in [1.54, 1.807) is 10.0 Å². The van der Waals surface area contributed by atoms with Crippen LogP contribution in [0.25, 0.3) is 0 Å². The molecule has 28 heavy (non-hydrogen) atoms. The topological polar surface area (TPSA) is 151 Å². The Morgan fingerprint density at radius 3 is 2.46 bits per heavy atom. The second kappa shape index (κ2) is 7.95. The van der Waals surface area contributed by atoms with Gasteiger partial charge in [-0.05, 0) is 26.0 Å². The van der Waals surface area contributed by atoms with Crippen molar-refractivity contribution in [2.75, 3.05) is 11.3 Å². The molecular formula is C15H18F2N2O8S. The van der Waals surface area contributed by atoms with Gasteiger partial charge < -0.3 is 25.0 Å². The summed E-state index contributed by atoms with van der Waals surface area (Å²) in [6.07, 6.45) is -3.09. The fourth-order valence-electron chi connectivity index (χ4n) is 2.31. The zero-order chi connectivity index (χ0) is 21.3. The van der Waals surface area contributed by atoms with E-state index in [-0.39, 0.29) is 6.61 Å². The van der Waals surface area contributed by atoms with Crippen LogP contribution in [0, 0.1) is 11.6 Å². The summed E-state index contributed by atoms with van der Waals surface area (Å²) in [6.45, 7) is 2.84. The van der Waals surface area contributed by atoms with Gasteiger partial charge in [-0.3, -0.25) is 9.52 Å². The van der Waals surface area contributed by atoms with E-state index >= 15 is 0 Å². The molecule has 0 aromatic heterocycles. The number of aliphatic carboxylic acids is 1. The van der Waals surface area contributed by atoms with Gasteiger partial charge in [-0.2, -0.15) is 0 Å². The van der Waals surface area contributed by atoms with E-state index in [0.717, 1.165) is 12.1 Å². The molecule has 1 fully saturated rings. The smallest absolute Gasteiger partial charge is 0.344 e. The van der Waals surface area contributed by atoms with Crippen LogP contribution in [0.3, 0.4) is 0 Å². The molecule has 0 bridgehead atoms. The first-order valence-corrected chi connectivity index (χ1v) is 9.37. The van der Waals surface area contributed by atoms with Crippen LogP contribution in [0.5, 0.6) is 0 Å². The molecule has 1 heterocycles. The minimum atomic E-state index is -4.91. The number of aliphatic hydroxyl groups is 1. The first-order valence-electron chi connectivity index (χ1n) is 7.82. The van der Waals surface area contributed by atoms with Gasteiger partial charge in [0, 0.05) is 6.07 Å². The van der Waals surface area contributed by atoms with Crippen LogP contribution in [0.2, 0.25) is 0 Å². The SMILES string of the molecule is CC1(C)OCC(C(O)C(=O)NC(C(=O)O)S(=O)(=O)Nc2ccc(F)cc2F)O1. The van der Waals surface area contributed by atoms with Crippen LogP contribution in [0.15, 0.2) is 18.2 Å². The minimum Gasteiger partial charge on any atom is -0.479 e. The summed E-state index contributed by atoms with van der Waals surface area (Å²) in [5, 5.41) is 18.2. The maximum Gasteiger partial charge on any atom is 0.344 e. The number of carbonyl (C=O) groups excluding carboxylic acids is 1. The number of anilines is 1. The van der Waals surface area contributed by atoms with Crippen LogP contribution in [0.1, 0.15) is 13.8 Å². The van der Waals surface area contributed by atoms with E-state index in [9.17, 15) is 31.9 Å². The van der Waals surface area contributed by atoms with E-state index in [4.69, 9.17) is 14.6 Å². The molecule has 1 saturated heterocycles. The molecular weight excluding hydrogens is 406 g/mol. The number of hydrogen-bond donors (Lipinski definition) is 4. The number of aliphatic hydroxyl groups excluding tert-OH is 1. The number of carboxylic acid groups (broad SMARTS) is 1. The Bertz CT molecular complexity index is 877. The number of halogens is 2. The first kappa shape index (κ1) is 21.9. The molecule has 3 atom stereocenters. The highest BCUT2D eigenvalue weighted by atomic mass is 32.2. The van der Waals surface area contributed by atoms with Gasteiger partial charge in [-0.25, -0.2) is 22.0 Å². The molecule has 0 spiro atoms. The number of carboxylic acids is 1. The monoisotopic (exact) mass is 424 g/mol. The normalized spacial score (nSPS) is 21.0. The summed E-state index contributed by atoms with van der Waals surface area (Å²) >= 11 is 0. The van der Waals surface area contributed by atoms with Crippen molar-refractivity contribution in [1.29, 1.82) is 0 Å². The van der Waals surface area contributed by atoms with E-state index in [2.05, 4.69) is 0 Å². The van der Waals surface area contributed by atoms with Crippen molar-refractivity contribution in [2.45, 2.75) is 37.2 Å². The quantitative estimate of drug-likeness (QED) is 0.468. The number of hydrogen-bond acceptors (Lipinski definition) is 7. The largest absolute Gasteiger partial charge is 0.479 e. The number of ether oxygens (including phenoxy) is 2. The number of rotatable bonds is 7. The molecule has 1 amide bonds. The van der Waals surface area contributed by atoms with Gasteiger partial charge in [0.2, 0.25) is 5.37 Å². The third-order valence-corrected chi connectivity index (χ3v) is 5.09. The number of amides is 1. The molecule has 1 aromatic carbocycles. The highest BCUT2D eigenvalue weighted by Crippen LogP contribution is 2.24. The van der Waals surface area contributed by atoms with Gasteiger partial charge in [-0.1, -0.05) is 0 Å². The summed E-state index contributed by atoms with van der Waals surface area (Å²) in [4.78, 5) is 23.4. The lowest BCUT2D eigenvalue weighted by Crippen LogP contribution is -2.54. The average Bonchev–Trinajstić information content (AvgIpc) is 2.93. The van der Waals surface area contributed by atoms with Gasteiger partial charge in [0.25, 0.3) is 15.9 Å². The third kappa shape index (κ3) is 5.13. The van der Waals surface area contributed by atoms with Crippen LogP contribution in [0.4, 0.5) is 14.5 Å². The van der Waals surface area contributed by atoms with Crippen molar-refractivity contribution in [3.8, 4) is 0 Å². The molecule has 13 heteroatoms. The fraction of sp³-hybridized carbons (Fsp3) is 0.467. The first-order chi connectivity index (χ1) is 12.8. The molecule has 0 saturated carbocycles. The summed E-state index contributed by atoms with van der Waals surface area (Å²) in [7, 11) is -4.91. The summed E-state index contributed by atoms with van der Waals surface area (Å²) in [5.74, 6) is -6.72. The molecule has 1 aromatic rings. The highest BCUT2D eigenvalue weighted by molar-refractivity contribution is 7.94. The van der Waals surface area contributed by atoms with Crippen molar-refractivity contribution < 1.29 is 46.5 Å². The van der Waals surface area contributed by atoms with Crippen molar-refractivity contribution in [1.82, 2.24) is 5.32 Å². The van der Waals surface area contributed by atoms with Crippen molar-refractivity contribution in [2.24, 2.45) is 0 Å². The molecule has 1 aliphatic heterocycles. The third-order valence-electron chi connectivity index (χ3n) is 3.64. The Morgan fingerprint density at radius 1 is 1.32 bits per heavy atom. The molecule has 3 unspecified atom stereocenters. The number of benzene rings is 1. The fourth-order valence-corrected chi connectivity index (χ4v) is 3.44. The Hall–Kier alpha value is -2.35. The van der Waals surface area contributed by atoms with Crippen molar-refractivity contribution in [3.05, 3.63) is 29.8 Å². The van der Waals surface area contributed by atoms with E-state index in [1.807, 2.05) is 0 Å². The Kier molecular flexibility index (Phi) is 6.23. The number of nitrogens with one attached hydrogen (secondary N) is 2. The maximum atomic E-state index is 13.6. The maximum absolute atomic E-state index is 13.6. The van der Waals surface area contributed by atoms with Gasteiger partial charge in [0.15, 0.2) is 11.9 Å². The predicted molar refractivity (Wildman–Crippen MR) is 89.4 cm³/mol. The Morgan fingerprint density at radius 2 is 1.96 bits per heavy atom. The zero-order valence-corrected chi connectivity index (χ0v) is 15.5. The lowest BCUT2D eigenvalue weighted by atomic mass is 10.2. The summed E-state index contributed by atoms with van der Waals surface area (Å²) < 4.78 is 63.1. The van der Waals surface area contributed by atoms with E-state index < -0.39 is 62.6 Å². The molecule has 2 rings (SSSR count). The van der Waals surface area contributed by atoms with Crippen molar-refractivity contribution in [3.63, 3.8) is 0 Å². The molecule has 4 N–H and O–H groups in total. The second-order valence-electron chi connectivity index (χ2n) is 6.31. The Balaban J connectivity index is 2.15. The average molecular weight is 424 g/mol. The lowest BCUT2D eigenvalue weighted by Gasteiger charge is -2.22. The zero-order valence-electron chi connectivity index (χ0n) is 14.7. The summed E-state index contributed by atoms with van der Waals surface area (Å²) in [6, 6.07) is 1.87. The molecule has 156 valence electrons. The Labute approximate surface area is 158 Å². The van der Waals surface area contributed by atoms with Gasteiger partial charge in [-0.15, -0.1) is 0 Å². The summed E-state index contributed by atoms with van der Waals surface area (Å²) in [5.41, 5.74) is -0.725. The van der Waals surface area contributed by atoms with Crippen LogP contribution in [-0.2, 0) is 29.1 Å². The number of carbonyl (C=O) groups is 2. The second-order valence-corrected chi connectivity index (χ2v) is 8.08. The van der Waals surface area contributed by atoms with Crippen LogP contribution in [-0.4, -0.2) is 60.5 Å². The standard InChI is InChI=1S/C15H18F2N2O8S/c1-15(2)26-6-10(27-15)11(20)12(21)18-13(14(22)23)28(24,25)19-9-4-3-7(16)5-8(9)17/h3-5,10-11,13,19-20H,6H2,1-2H3,(H,18,21)(H,22,23).